The van der Waals surface area contributed by atoms with E-state index >= 15 is 0 Å². The smallest absolute Gasteiger partial charge is 0.260 e. The van der Waals surface area contributed by atoms with E-state index in [0.29, 0.717) is 5.75 Å². The predicted octanol–water partition coefficient (Wildman–Crippen LogP) is 3.27. The number of hydrogen-bond donors (Lipinski definition) is 0. The van der Waals surface area contributed by atoms with Crippen molar-refractivity contribution >= 4 is 10.8 Å². The van der Waals surface area contributed by atoms with Crippen LogP contribution >= 0.6 is 0 Å². The molecular weight excluding hydrogens is 213 g/mol. The third-order valence-electron chi connectivity index (χ3n) is 1.84. The summed E-state index contributed by atoms with van der Waals surface area (Å²) < 4.78 is 46.2. The van der Waals surface area contributed by atoms with Gasteiger partial charge in [-0.25, -0.2) is 0 Å². The molecule has 0 saturated heterocycles. The molecule has 0 rings (SSSR count). The molecule has 1 nitrogen and oxygen atoms in total. The van der Waals surface area contributed by atoms with Gasteiger partial charge in [0.1, 0.15) is 0 Å². The van der Waals surface area contributed by atoms with Gasteiger partial charge in [0.05, 0.1) is 6.42 Å². The Morgan fingerprint density at radius 1 is 1.07 bits per heavy atom. The fourth-order valence-electron chi connectivity index (χ4n) is 1.02. The number of rotatable bonds is 7. The van der Waals surface area contributed by atoms with Crippen molar-refractivity contribution in [1.29, 1.82) is 0 Å². The highest BCUT2D eigenvalue weighted by atomic mass is 32.2. The average Bonchev–Trinajstić information content (AvgIpc) is 2.08. The van der Waals surface area contributed by atoms with E-state index in [1.165, 1.54) is 0 Å². The first-order valence-corrected chi connectivity index (χ1v) is 6.36. The normalized spacial score (nSPS) is 14.3. The maximum absolute atomic E-state index is 11.7. The van der Waals surface area contributed by atoms with Crippen LogP contribution in [0.15, 0.2) is 0 Å². The number of hydrogen-bond acceptors (Lipinski definition) is 1. The summed E-state index contributed by atoms with van der Waals surface area (Å²) in [6, 6.07) is 0. The van der Waals surface area contributed by atoms with Crippen LogP contribution in [0, 0.1) is 0 Å². The van der Waals surface area contributed by atoms with Crippen LogP contribution in [0.25, 0.3) is 0 Å². The molecule has 14 heavy (non-hydrogen) atoms. The van der Waals surface area contributed by atoms with E-state index in [2.05, 4.69) is 6.92 Å². The molecule has 0 fully saturated rings. The lowest BCUT2D eigenvalue weighted by molar-refractivity contribution is -0.129. The zero-order chi connectivity index (χ0) is 11.0. The Morgan fingerprint density at radius 3 is 2.21 bits per heavy atom. The first kappa shape index (κ1) is 13.9. The molecule has 0 aromatic rings. The Hall–Kier alpha value is -0.0600. The van der Waals surface area contributed by atoms with Crippen LogP contribution in [0.4, 0.5) is 13.2 Å². The third-order valence-corrected chi connectivity index (χ3v) is 3.24. The monoisotopic (exact) mass is 230 g/mol. The average molecular weight is 230 g/mol. The van der Waals surface area contributed by atoms with Crippen molar-refractivity contribution in [3.8, 4) is 0 Å². The molecule has 0 aromatic carbocycles. The summed E-state index contributed by atoms with van der Waals surface area (Å²) >= 11 is 0. The summed E-state index contributed by atoms with van der Waals surface area (Å²) in [5.74, 6) is 0.172. The Morgan fingerprint density at radius 2 is 1.71 bits per heavy atom. The van der Waals surface area contributed by atoms with Crippen LogP contribution in [-0.2, 0) is 10.8 Å². The van der Waals surface area contributed by atoms with Gasteiger partial charge in [0.15, 0.2) is 0 Å². The molecule has 0 aliphatic carbocycles. The van der Waals surface area contributed by atoms with E-state index in [1.807, 2.05) is 0 Å². The van der Waals surface area contributed by atoms with Crippen LogP contribution < -0.4 is 0 Å². The van der Waals surface area contributed by atoms with Gasteiger partial charge in [-0.15, -0.1) is 0 Å². The lowest BCUT2D eigenvalue weighted by Gasteiger charge is -2.05. The van der Waals surface area contributed by atoms with E-state index < -0.39 is 23.4 Å². The Labute approximate surface area is 85.5 Å². The second-order valence-electron chi connectivity index (χ2n) is 3.27. The van der Waals surface area contributed by atoms with Crippen LogP contribution in [0.5, 0.6) is 0 Å². The summed E-state index contributed by atoms with van der Waals surface area (Å²) in [7, 11) is -1.29. The van der Waals surface area contributed by atoms with Gasteiger partial charge in [0.2, 0.25) is 0 Å². The van der Waals surface area contributed by atoms with Crippen molar-refractivity contribution in [2.45, 2.75) is 45.2 Å². The summed E-state index contributed by atoms with van der Waals surface area (Å²) in [5, 5.41) is 0. The summed E-state index contributed by atoms with van der Waals surface area (Å²) in [4.78, 5) is 0. The zero-order valence-electron chi connectivity index (χ0n) is 8.40. The van der Waals surface area contributed by atoms with Gasteiger partial charge in [-0.3, -0.25) is 4.21 Å². The van der Waals surface area contributed by atoms with E-state index in [1.54, 1.807) is 0 Å². The summed E-state index contributed by atoms with van der Waals surface area (Å²) in [5.41, 5.74) is 0. The number of alkyl halides is 3. The van der Waals surface area contributed by atoms with E-state index in [4.69, 9.17) is 0 Å². The molecule has 0 aliphatic heterocycles. The van der Waals surface area contributed by atoms with E-state index in [-0.39, 0.29) is 5.75 Å². The molecule has 1 atom stereocenters. The first-order chi connectivity index (χ1) is 6.45. The molecule has 0 bridgehead atoms. The van der Waals surface area contributed by atoms with Gasteiger partial charge in [-0.2, -0.15) is 13.2 Å². The highest BCUT2D eigenvalue weighted by Gasteiger charge is 2.27. The van der Waals surface area contributed by atoms with Crippen LogP contribution in [0.1, 0.15) is 39.0 Å². The van der Waals surface area contributed by atoms with Gasteiger partial charge < -0.3 is 0 Å². The van der Waals surface area contributed by atoms with Gasteiger partial charge in [-0.1, -0.05) is 26.2 Å². The zero-order valence-corrected chi connectivity index (χ0v) is 9.22. The van der Waals surface area contributed by atoms with Crippen molar-refractivity contribution in [3.05, 3.63) is 0 Å². The third kappa shape index (κ3) is 10.0. The van der Waals surface area contributed by atoms with E-state index in [9.17, 15) is 17.4 Å². The van der Waals surface area contributed by atoms with Gasteiger partial charge in [0.25, 0.3) is 0 Å². The molecule has 0 heterocycles. The van der Waals surface area contributed by atoms with Crippen molar-refractivity contribution in [2.75, 3.05) is 11.5 Å². The lowest BCUT2D eigenvalue weighted by atomic mass is 10.2. The molecule has 0 N–H and O–H groups in total. The number of unbranched alkanes of at least 4 members (excludes halogenated alkanes) is 3. The molecule has 1 unspecified atom stereocenters. The van der Waals surface area contributed by atoms with Gasteiger partial charge in [0, 0.05) is 22.3 Å². The molecule has 0 radical (unpaired) electrons. The Balaban J connectivity index is 3.38. The SMILES string of the molecule is CCCCCCS(=O)CCC(F)(F)F. The Kier molecular flexibility index (Phi) is 7.23. The molecule has 0 spiro atoms. The largest absolute Gasteiger partial charge is 0.390 e. The van der Waals surface area contributed by atoms with Crippen molar-refractivity contribution < 1.29 is 17.4 Å². The Bertz CT molecular complexity index is 168. The maximum atomic E-state index is 11.7. The first-order valence-electron chi connectivity index (χ1n) is 4.87. The molecular formula is C9H17F3OS. The van der Waals surface area contributed by atoms with Gasteiger partial charge >= 0.3 is 6.18 Å². The molecule has 0 amide bonds. The van der Waals surface area contributed by atoms with Crippen molar-refractivity contribution in [2.24, 2.45) is 0 Å². The predicted molar refractivity (Wildman–Crippen MR) is 52.7 cm³/mol. The van der Waals surface area contributed by atoms with Crippen molar-refractivity contribution in [3.63, 3.8) is 0 Å². The second kappa shape index (κ2) is 7.26. The number of halogens is 3. The highest BCUT2D eigenvalue weighted by Crippen LogP contribution is 2.19. The standard InChI is InChI=1S/C9H17F3OS/c1-2-3-4-5-7-14(13)8-6-9(10,11)12/h2-8H2,1H3. The molecule has 0 saturated carbocycles. The molecule has 0 aromatic heterocycles. The fraction of sp³-hybridized carbons (Fsp3) is 1.00. The molecule has 0 aliphatic rings. The maximum Gasteiger partial charge on any atom is 0.390 e. The van der Waals surface area contributed by atoms with E-state index in [0.717, 1.165) is 25.7 Å². The highest BCUT2D eigenvalue weighted by molar-refractivity contribution is 7.84. The minimum atomic E-state index is -4.17. The topological polar surface area (TPSA) is 17.1 Å². The minimum absolute atomic E-state index is 0.240. The summed E-state index contributed by atoms with van der Waals surface area (Å²) in [6.07, 6.45) is -1.20. The van der Waals surface area contributed by atoms with Crippen LogP contribution in [0.3, 0.4) is 0 Å². The fourth-order valence-corrected chi connectivity index (χ4v) is 2.21. The molecule has 86 valence electrons. The van der Waals surface area contributed by atoms with Gasteiger partial charge in [-0.05, 0) is 6.42 Å². The lowest BCUT2D eigenvalue weighted by Crippen LogP contribution is -2.14. The van der Waals surface area contributed by atoms with Crippen LogP contribution in [-0.4, -0.2) is 21.9 Å². The second-order valence-corrected chi connectivity index (χ2v) is 4.97. The minimum Gasteiger partial charge on any atom is -0.260 e. The quantitative estimate of drug-likeness (QED) is 0.613. The van der Waals surface area contributed by atoms with Crippen LogP contribution in [0.2, 0.25) is 0 Å². The van der Waals surface area contributed by atoms with Crippen molar-refractivity contribution in [1.82, 2.24) is 0 Å². The molecule has 5 heteroatoms. The summed E-state index contributed by atoms with van der Waals surface area (Å²) in [6.45, 7) is 2.06.